The van der Waals surface area contributed by atoms with Crippen molar-refractivity contribution in [2.45, 2.75) is 13.5 Å². The molecule has 0 bridgehead atoms. The van der Waals surface area contributed by atoms with Crippen molar-refractivity contribution in [2.24, 2.45) is 5.73 Å². The average Bonchev–Trinajstić information content (AvgIpc) is 2.42. The maximum atomic E-state index is 12.1. The van der Waals surface area contributed by atoms with Gasteiger partial charge in [0.1, 0.15) is 5.15 Å². The van der Waals surface area contributed by atoms with E-state index in [-0.39, 0.29) is 5.91 Å². The van der Waals surface area contributed by atoms with Gasteiger partial charge in [0, 0.05) is 18.3 Å². The summed E-state index contributed by atoms with van der Waals surface area (Å²) >= 11 is 5.76. The van der Waals surface area contributed by atoms with Crippen LogP contribution in [0.15, 0.2) is 30.5 Å². The van der Waals surface area contributed by atoms with E-state index in [1.807, 2.05) is 0 Å². The fraction of sp³-hybridized carbons (Fsp3) is 0.154. The topological polar surface area (TPSA) is 80.9 Å². The first-order chi connectivity index (χ1) is 9.10. The zero-order valence-electron chi connectivity index (χ0n) is 10.4. The second-order valence-electron chi connectivity index (χ2n) is 3.96. The minimum absolute atomic E-state index is 0.232. The Labute approximate surface area is 115 Å². The lowest BCUT2D eigenvalue weighted by Gasteiger charge is -2.08. The Morgan fingerprint density at radius 1 is 1.42 bits per heavy atom. The molecule has 98 valence electrons. The molecule has 0 fully saturated rings. The number of nitrogens with zero attached hydrogens (tertiary/aromatic N) is 2. The van der Waals surface area contributed by atoms with Crippen LogP contribution in [0.4, 0.5) is 5.69 Å². The third-order valence-corrected chi connectivity index (χ3v) is 2.80. The van der Waals surface area contributed by atoms with Crippen LogP contribution < -0.4 is 11.1 Å². The van der Waals surface area contributed by atoms with Crippen molar-refractivity contribution in [3.8, 4) is 0 Å². The van der Waals surface area contributed by atoms with Crippen LogP contribution in [0, 0.1) is 6.92 Å². The van der Waals surface area contributed by atoms with E-state index in [1.54, 1.807) is 37.4 Å². The van der Waals surface area contributed by atoms with Crippen molar-refractivity contribution in [3.05, 3.63) is 52.6 Å². The molecule has 2 rings (SSSR count). The second-order valence-corrected chi connectivity index (χ2v) is 4.35. The van der Waals surface area contributed by atoms with E-state index in [0.29, 0.717) is 34.3 Å². The van der Waals surface area contributed by atoms with Crippen molar-refractivity contribution in [1.82, 2.24) is 9.97 Å². The van der Waals surface area contributed by atoms with E-state index in [2.05, 4.69) is 15.3 Å². The standard InChI is InChI=1S/C13H13ClN4O/c1-8-11(2-3-12(14)17-8)18-13(19)9-4-5-16-10(6-9)7-15/h2-6H,7,15H2,1H3,(H,18,19). The second kappa shape index (κ2) is 5.77. The molecule has 0 aliphatic rings. The highest BCUT2D eigenvalue weighted by atomic mass is 35.5. The molecule has 2 aromatic heterocycles. The lowest BCUT2D eigenvalue weighted by atomic mass is 10.2. The molecule has 0 unspecified atom stereocenters. The van der Waals surface area contributed by atoms with Crippen molar-refractivity contribution >= 4 is 23.2 Å². The number of aromatic nitrogens is 2. The summed E-state index contributed by atoms with van der Waals surface area (Å²) in [6, 6.07) is 6.64. The van der Waals surface area contributed by atoms with Gasteiger partial charge in [-0.25, -0.2) is 4.98 Å². The third kappa shape index (κ3) is 3.27. The largest absolute Gasteiger partial charge is 0.325 e. The molecule has 1 amide bonds. The number of hydrogen-bond acceptors (Lipinski definition) is 4. The van der Waals surface area contributed by atoms with Gasteiger partial charge in [-0.1, -0.05) is 11.6 Å². The van der Waals surface area contributed by atoms with Crippen molar-refractivity contribution < 1.29 is 4.79 Å². The number of halogens is 1. The number of nitrogens with two attached hydrogens (primary N) is 1. The lowest BCUT2D eigenvalue weighted by Crippen LogP contribution is -2.14. The molecule has 0 aromatic carbocycles. The van der Waals surface area contributed by atoms with Crippen molar-refractivity contribution in [1.29, 1.82) is 0 Å². The van der Waals surface area contributed by atoms with Gasteiger partial charge < -0.3 is 11.1 Å². The Kier molecular flexibility index (Phi) is 4.09. The maximum Gasteiger partial charge on any atom is 0.255 e. The first-order valence-electron chi connectivity index (χ1n) is 5.69. The quantitative estimate of drug-likeness (QED) is 0.842. The number of pyridine rings is 2. The van der Waals surface area contributed by atoms with Gasteiger partial charge in [-0.3, -0.25) is 9.78 Å². The smallest absolute Gasteiger partial charge is 0.255 e. The minimum Gasteiger partial charge on any atom is -0.325 e. The average molecular weight is 277 g/mol. The fourth-order valence-electron chi connectivity index (χ4n) is 1.59. The van der Waals surface area contributed by atoms with Crippen LogP contribution in [0.2, 0.25) is 5.15 Å². The highest BCUT2D eigenvalue weighted by molar-refractivity contribution is 6.29. The van der Waals surface area contributed by atoms with E-state index in [9.17, 15) is 4.79 Å². The number of aryl methyl sites for hydroxylation is 1. The molecule has 0 saturated heterocycles. The van der Waals surface area contributed by atoms with Crippen LogP contribution in [-0.2, 0) is 6.54 Å². The van der Waals surface area contributed by atoms with Crippen molar-refractivity contribution in [2.75, 3.05) is 5.32 Å². The highest BCUT2D eigenvalue weighted by Gasteiger charge is 2.09. The normalized spacial score (nSPS) is 10.3. The zero-order valence-corrected chi connectivity index (χ0v) is 11.1. The monoisotopic (exact) mass is 276 g/mol. The number of carbonyl (C=O) groups excluding carboxylic acids is 1. The molecule has 19 heavy (non-hydrogen) atoms. The van der Waals surface area contributed by atoms with Crippen LogP contribution in [0.25, 0.3) is 0 Å². The van der Waals surface area contributed by atoms with Gasteiger partial charge in [0.2, 0.25) is 0 Å². The van der Waals surface area contributed by atoms with Crippen LogP contribution in [0.1, 0.15) is 21.7 Å². The minimum atomic E-state index is -0.232. The molecule has 0 aliphatic carbocycles. The Bertz CT molecular complexity index is 615. The van der Waals surface area contributed by atoms with Gasteiger partial charge in [-0.2, -0.15) is 0 Å². The summed E-state index contributed by atoms with van der Waals surface area (Å²) in [7, 11) is 0. The van der Waals surface area contributed by atoms with Crippen LogP contribution >= 0.6 is 11.6 Å². The molecule has 0 radical (unpaired) electrons. The maximum absolute atomic E-state index is 12.1. The number of nitrogens with one attached hydrogen (secondary N) is 1. The van der Waals surface area contributed by atoms with Crippen molar-refractivity contribution in [3.63, 3.8) is 0 Å². The summed E-state index contributed by atoms with van der Waals surface area (Å²) in [5.41, 5.74) is 7.95. The Hall–Kier alpha value is -1.98. The summed E-state index contributed by atoms with van der Waals surface area (Å²) in [6.45, 7) is 2.07. The van der Waals surface area contributed by atoms with Gasteiger partial charge in [-0.15, -0.1) is 0 Å². The van der Waals surface area contributed by atoms with Crippen LogP contribution in [-0.4, -0.2) is 15.9 Å². The van der Waals surface area contributed by atoms with Gasteiger partial charge >= 0.3 is 0 Å². The molecule has 6 heteroatoms. The number of carbonyl (C=O) groups is 1. The summed E-state index contributed by atoms with van der Waals surface area (Å²) in [4.78, 5) is 20.2. The summed E-state index contributed by atoms with van der Waals surface area (Å²) in [5.74, 6) is -0.232. The molecule has 0 atom stereocenters. The first-order valence-corrected chi connectivity index (χ1v) is 6.07. The lowest BCUT2D eigenvalue weighted by molar-refractivity contribution is 0.102. The zero-order chi connectivity index (χ0) is 13.8. The summed E-state index contributed by atoms with van der Waals surface area (Å²) < 4.78 is 0. The summed E-state index contributed by atoms with van der Waals surface area (Å²) in [5, 5.41) is 3.17. The molecular formula is C13H13ClN4O. The molecule has 2 aromatic rings. The third-order valence-electron chi connectivity index (χ3n) is 2.59. The van der Waals surface area contributed by atoms with Crippen LogP contribution in [0.5, 0.6) is 0 Å². The Morgan fingerprint density at radius 3 is 2.89 bits per heavy atom. The van der Waals surface area contributed by atoms with E-state index in [4.69, 9.17) is 17.3 Å². The van der Waals surface area contributed by atoms with Gasteiger partial charge in [0.25, 0.3) is 5.91 Å². The molecular weight excluding hydrogens is 264 g/mol. The fourth-order valence-corrected chi connectivity index (χ4v) is 1.78. The Balaban J connectivity index is 2.20. The van der Waals surface area contributed by atoms with Crippen LogP contribution in [0.3, 0.4) is 0 Å². The van der Waals surface area contributed by atoms with Gasteiger partial charge in [0.05, 0.1) is 17.1 Å². The van der Waals surface area contributed by atoms with E-state index in [1.165, 1.54) is 0 Å². The van der Waals surface area contributed by atoms with Gasteiger partial charge in [0.15, 0.2) is 0 Å². The molecule has 2 heterocycles. The van der Waals surface area contributed by atoms with E-state index >= 15 is 0 Å². The molecule has 0 aliphatic heterocycles. The van der Waals surface area contributed by atoms with Gasteiger partial charge in [-0.05, 0) is 31.2 Å². The SMILES string of the molecule is Cc1nc(Cl)ccc1NC(=O)c1ccnc(CN)c1. The number of amides is 1. The number of rotatable bonds is 3. The number of anilines is 1. The molecule has 5 nitrogen and oxygen atoms in total. The molecule has 3 N–H and O–H groups in total. The van der Waals surface area contributed by atoms with E-state index in [0.717, 1.165) is 0 Å². The number of hydrogen-bond donors (Lipinski definition) is 2. The highest BCUT2D eigenvalue weighted by Crippen LogP contribution is 2.16. The molecule has 0 spiro atoms. The first kappa shape index (κ1) is 13.5. The predicted octanol–water partition coefficient (Wildman–Crippen LogP) is 2.15. The van der Waals surface area contributed by atoms with E-state index < -0.39 is 0 Å². The summed E-state index contributed by atoms with van der Waals surface area (Å²) in [6.07, 6.45) is 1.56. The Morgan fingerprint density at radius 2 is 2.21 bits per heavy atom. The predicted molar refractivity (Wildman–Crippen MR) is 74.1 cm³/mol. The molecule has 0 saturated carbocycles.